The molecule has 1 heterocycles. The highest BCUT2D eigenvalue weighted by molar-refractivity contribution is 6.12. The maximum Gasteiger partial charge on any atom is 0.327 e. The Morgan fingerprint density at radius 3 is 1.90 bits per heavy atom. The Bertz CT molecular complexity index is 643. The molecule has 0 radical (unpaired) electrons. The zero-order valence-corrected chi connectivity index (χ0v) is 16.5. The molecule has 10 heteroatoms. The van der Waals surface area contributed by atoms with E-state index in [2.05, 4.69) is 0 Å². The van der Waals surface area contributed by atoms with Gasteiger partial charge in [0.2, 0.25) is 0 Å². The van der Waals surface area contributed by atoms with Crippen molar-refractivity contribution in [1.82, 2.24) is 0 Å². The standard InChI is InChI=1S/C19H29N3O7/c20-18(23)22(19(21)24)15-4-5-16-17(14-15)29-13-12-27-11-10-26-9-8-25-6-2-1-3-7-28-16/h4-5,14H,1-3,6-13H2,(H2,20,23)(H2,21,24). The van der Waals surface area contributed by atoms with Gasteiger partial charge in [0.15, 0.2) is 11.5 Å². The summed E-state index contributed by atoms with van der Waals surface area (Å²) in [5.74, 6) is 0.850. The van der Waals surface area contributed by atoms with Crippen LogP contribution in [0.2, 0.25) is 0 Å². The number of benzene rings is 1. The molecule has 162 valence electrons. The molecule has 4 amide bonds. The van der Waals surface area contributed by atoms with E-state index >= 15 is 0 Å². The number of nitrogens with zero attached hydrogens (tertiary/aromatic N) is 1. The molecule has 0 bridgehead atoms. The van der Waals surface area contributed by atoms with Crippen LogP contribution in [-0.2, 0) is 14.2 Å². The number of carbonyl (C=O) groups is 2. The van der Waals surface area contributed by atoms with Crippen LogP contribution in [-0.4, -0.2) is 64.9 Å². The first-order valence-electron chi connectivity index (χ1n) is 9.61. The fourth-order valence-corrected chi connectivity index (χ4v) is 2.65. The Morgan fingerprint density at radius 1 is 0.690 bits per heavy atom. The second kappa shape index (κ2) is 12.8. The normalized spacial score (nSPS) is 17.5. The minimum atomic E-state index is -0.982. The van der Waals surface area contributed by atoms with Gasteiger partial charge in [0, 0.05) is 12.7 Å². The number of hydrogen-bond donors (Lipinski definition) is 2. The van der Waals surface area contributed by atoms with Gasteiger partial charge in [-0.1, -0.05) is 0 Å². The van der Waals surface area contributed by atoms with Crippen molar-refractivity contribution >= 4 is 17.7 Å². The van der Waals surface area contributed by atoms with Crippen LogP contribution in [0, 0.1) is 0 Å². The number of nitrogens with two attached hydrogens (primary N) is 2. The van der Waals surface area contributed by atoms with Crippen molar-refractivity contribution in [2.75, 3.05) is 57.8 Å². The zero-order chi connectivity index (χ0) is 20.9. The highest BCUT2D eigenvalue weighted by atomic mass is 16.6. The summed E-state index contributed by atoms with van der Waals surface area (Å²) >= 11 is 0. The molecule has 1 aliphatic rings. The molecule has 0 saturated heterocycles. The predicted octanol–water partition coefficient (Wildman–Crippen LogP) is 1.64. The van der Waals surface area contributed by atoms with E-state index in [0.717, 1.165) is 19.3 Å². The van der Waals surface area contributed by atoms with Crippen LogP contribution < -0.4 is 25.8 Å². The van der Waals surface area contributed by atoms with E-state index < -0.39 is 12.1 Å². The lowest BCUT2D eigenvalue weighted by atomic mass is 10.2. The summed E-state index contributed by atoms with van der Waals surface area (Å²) in [6.45, 7) is 3.76. The van der Waals surface area contributed by atoms with Gasteiger partial charge in [0.25, 0.3) is 0 Å². The van der Waals surface area contributed by atoms with Gasteiger partial charge >= 0.3 is 12.1 Å². The highest BCUT2D eigenvalue weighted by Gasteiger charge is 2.20. The fraction of sp³-hybridized carbons (Fsp3) is 0.579. The molecule has 0 atom stereocenters. The van der Waals surface area contributed by atoms with Crippen LogP contribution in [0.25, 0.3) is 0 Å². The monoisotopic (exact) mass is 411 g/mol. The van der Waals surface area contributed by atoms with Gasteiger partial charge in [0.05, 0.1) is 45.3 Å². The number of urea groups is 2. The molecule has 0 fully saturated rings. The molecule has 29 heavy (non-hydrogen) atoms. The number of carbonyl (C=O) groups excluding carboxylic acids is 2. The van der Waals surface area contributed by atoms with E-state index in [1.807, 2.05) is 0 Å². The van der Waals surface area contributed by atoms with Gasteiger partial charge < -0.3 is 35.2 Å². The Labute approximate surface area is 170 Å². The van der Waals surface area contributed by atoms with E-state index in [1.165, 1.54) is 12.1 Å². The van der Waals surface area contributed by atoms with E-state index in [4.69, 9.17) is 35.2 Å². The van der Waals surface area contributed by atoms with Crippen molar-refractivity contribution in [3.63, 3.8) is 0 Å². The second-order valence-electron chi connectivity index (χ2n) is 6.24. The topological polar surface area (TPSA) is 136 Å². The van der Waals surface area contributed by atoms with Crippen molar-refractivity contribution in [1.29, 1.82) is 0 Å². The first-order valence-corrected chi connectivity index (χ1v) is 9.61. The van der Waals surface area contributed by atoms with Crippen LogP contribution in [0.3, 0.4) is 0 Å². The Hall–Kier alpha value is -2.56. The molecule has 2 rings (SSSR count). The first kappa shape index (κ1) is 22.7. The van der Waals surface area contributed by atoms with Crippen molar-refractivity contribution in [3.8, 4) is 11.5 Å². The smallest absolute Gasteiger partial charge is 0.327 e. The predicted molar refractivity (Wildman–Crippen MR) is 105 cm³/mol. The number of imide groups is 1. The number of hydrogen-bond acceptors (Lipinski definition) is 7. The molecule has 0 aromatic heterocycles. The SMILES string of the molecule is NC(=O)N(C(N)=O)c1ccc2c(c1)OCCOCCOCCOCCCCCO2. The van der Waals surface area contributed by atoms with E-state index in [0.29, 0.717) is 62.6 Å². The molecular weight excluding hydrogens is 382 g/mol. The molecule has 10 nitrogen and oxygen atoms in total. The summed E-state index contributed by atoms with van der Waals surface area (Å²) in [6.07, 6.45) is 2.74. The second-order valence-corrected chi connectivity index (χ2v) is 6.24. The molecular formula is C19H29N3O7. The lowest BCUT2D eigenvalue weighted by Gasteiger charge is -2.19. The fourth-order valence-electron chi connectivity index (χ4n) is 2.65. The Balaban J connectivity index is 2.07. The third kappa shape index (κ3) is 8.14. The number of rotatable bonds is 1. The van der Waals surface area contributed by atoms with Crippen molar-refractivity contribution in [3.05, 3.63) is 18.2 Å². The third-order valence-corrected chi connectivity index (χ3v) is 4.05. The molecule has 0 saturated carbocycles. The van der Waals surface area contributed by atoms with Crippen LogP contribution in [0.1, 0.15) is 19.3 Å². The van der Waals surface area contributed by atoms with E-state index in [9.17, 15) is 9.59 Å². The average Bonchev–Trinajstić information content (AvgIpc) is 2.67. The van der Waals surface area contributed by atoms with Crippen molar-refractivity contribution < 1.29 is 33.3 Å². The van der Waals surface area contributed by atoms with Crippen LogP contribution in [0.5, 0.6) is 11.5 Å². The zero-order valence-electron chi connectivity index (χ0n) is 16.5. The summed E-state index contributed by atoms with van der Waals surface area (Å²) in [4.78, 5) is 23.7. The van der Waals surface area contributed by atoms with Gasteiger partial charge in [-0.15, -0.1) is 0 Å². The molecule has 1 aromatic rings. The minimum absolute atomic E-state index is 0.195. The lowest BCUT2D eigenvalue weighted by molar-refractivity contribution is 0.00827. The molecule has 0 aliphatic carbocycles. The molecule has 4 N–H and O–H groups in total. The first-order chi connectivity index (χ1) is 14.1. The number of fused-ring (bicyclic) bond motifs is 1. The summed E-state index contributed by atoms with van der Waals surface area (Å²) in [5.41, 5.74) is 10.7. The van der Waals surface area contributed by atoms with Crippen LogP contribution in [0.4, 0.5) is 15.3 Å². The van der Waals surface area contributed by atoms with Crippen molar-refractivity contribution in [2.24, 2.45) is 11.5 Å². The quantitative estimate of drug-likeness (QED) is 0.717. The van der Waals surface area contributed by atoms with Crippen LogP contribution >= 0.6 is 0 Å². The Morgan fingerprint density at radius 2 is 1.24 bits per heavy atom. The van der Waals surface area contributed by atoms with E-state index in [1.54, 1.807) is 6.07 Å². The van der Waals surface area contributed by atoms with Gasteiger partial charge in [0.1, 0.15) is 6.61 Å². The molecule has 1 aromatic carbocycles. The molecule has 0 spiro atoms. The summed E-state index contributed by atoms with van der Waals surface area (Å²) in [7, 11) is 0. The molecule has 0 unspecified atom stereocenters. The minimum Gasteiger partial charge on any atom is -0.490 e. The number of ether oxygens (including phenoxy) is 5. The summed E-state index contributed by atoms with van der Waals surface area (Å²) in [5, 5.41) is 0. The maximum atomic E-state index is 11.5. The summed E-state index contributed by atoms with van der Waals surface area (Å²) < 4.78 is 27.9. The van der Waals surface area contributed by atoms with Crippen molar-refractivity contribution in [2.45, 2.75) is 19.3 Å². The van der Waals surface area contributed by atoms with Gasteiger partial charge in [-0.25, -0.2) is 14.5 Å². The third-order valence-electron chi connectivity index (χ3n) is 4.05. The van der Waals surface area contributed by atoms with Gasteiger partial charge in [-0.2, -0.15) is 0 Å². The van der Waals surface area contributed by atoms with Gasteiger partial charge in [-0.05, 0) is 31.4 Å². The van der Waals surface area contributed by atoms with E-state index in [-0.39, 0.29) is 12.3 Å². The lowest BCUT2D eigenvalue weighted by Crippen LogP contribution is -2.44. The highest BCUT2D eigenvalue weighted by Crippen LogP contribution is 2.32. The summed E-state index contributed by atoms with van der Waals surface area (Å²) in [6, 6.07) is 2.65. The maximum absolute atomic E-state index is 11.5. The average molecular weight is 411 g/mol. The van der Waals surface area contributed by atoms with Crippen LogP contribution in [0.15, 0.2) is 18.2 Å². The number of anilines is 1. The largest absolute Gasteiger partial charge is 0.490 e. The number of primary amides is 2. The molecule has 1 aliphatic heterocycles. The number of amides is 4. The Kier molecular flexibility index (Phi) is 10.0. The van der Waals surface area contributed by atoms with Gasteiger partial charge in [-0.3, -0.25) is 0 Å².